The average Bonchev–Trinajstić information content (AvgIpc) is 2.44. The van der Waals surface area contributed by atoms with Crippen molar-refractivity contribution in [3.05, 3.63) is 35.1 Å². The van der Waals surface area contributed by atoms with E-state index in [9.17, 15) is 18.3 Å². The fraction of sp³-hybridized carbons (Fsp3) is 0.571. The maximum Gasteiger partial charge on any atom is 0.194 e. The number of aliphatic hydroxyl groups is 1. The van der Waals surface area contributed by atoms with Crippen LogP contribution in [0.2, 0.25) is 0 Å². The van der Waals surface area contributed by atoms with Gasteiger partial charge in [-0.05, 0) is 30.5 Å². The Hall–Kier alpha value is -1.07. The average molecular weight is 273 g/mol. The zero-order chi connectivity index (χ0) is 14.0. The minimum atomic E-state index is -1.51. The maximum absolute atomic E-state index is 13.2. The SMILES string of the molecule is NCC1(C(O)c2cc(F)c(F)c(F)c2)CCCCC1. The molecule has 0 amide bonds. The summed E-state index contributed by atoms with van der Waals surface area (Å²) in [6.07, 6.45) is 3.29. The summed E-state index contributed by atoms with van der Waals surface area (Å²) < 4.78 is 39.4. The number of hydrogen-bond donors (Lipinski definition) is 2. The van der Waals surface area contributed by atoms with Gasteiger partial charge in [-0.25, -0.2) is 13.2 Å². The van der Waals surface area contributed by atoms with E-state index in [0.29, 0.717) is 12.8 Å². The van der Waals surface area contributed by atoms with Gasteiger partial charge in [0.2, 0.25) is 0 Å². The van der Waals surface area contributed by atoms with Crippen molar-refractivity contribution in [1.82, 2.24) is 0 Å². The van der Waals surface area contributed by atoms with Gasteiger partial charge in [0, 0.05) is 12.0 Å². The predicted octanol–water partition coefficient (Wildman–Crippen LogP) is 3.05. The standard InChI is InChI=1S/C14H18F3NO/c15-10-6-9(7-11(16)12(10)17)13(19)14(8-18)4-2-1-3-5-14/h6-7,13,19H,1-5,8,18H2. The third-order valence-electron chi connectivity index (χ3n) is 4.16. The van der Waals surface area contributed by atoms with Gasteiger partial charge in [-0.2, -0.15) is 0 Å². The van der Waals surface area contributed by atoms with Crippen molar-refractivity contribution in [3.63, 3.8) is 0 Å². The number of halogens is 3. The fourth-order valence-corrected chi connectivity index (χ4v) is 2.93. The van der Waals surface area contributed by atoms with E-state index in [4.69, 9.17) is 5.73 Å². The molecule has 1 unspecified atom stereocenters. The Morgan fingerprint density at radius 1 is 1.11 bits per heavy atom. The molecule has 1 aromatic rings. The van der Waals surface area contributed by atoms with E-state index in [1.54, 1.807) is 0 Å². The summed E-state index contributed by atoms with van der Waals surface area (Å²) in [5.41, 5.74) is 5.26. The highest BCUT2D eigenvalue weighted by Gasteiger charge is 2.39. The summed E-state index contributed by atoms with van der Waals surface area (Å²) in [4.78, 5) is 0. The molecule has 1 aliphatic rings. The summed E-state index contributed by atoms with van der Waals surface area (Å²) in [6.45, 7) is 0.245. The highest BCUT2D eigenvalue weighted by atomic mass is 19.2. The van der Waals surface area contributed by atoms with Gasteiger partial charge >= 0.3 is 0 Å². The third-order valence-corrected chi connectivity index (χ3v) is 4.16. The molecular weight excluding hydrogens is 255 g/mol. The van der Waals surface area contributed by atoms with Crippen molar-refractivity contribution in [1.29, 1.82) is 0 Å². The van der Waals surface area contributed by atoms with Gasteiger partial charge in [0.25, 0.3) is 0 Å². The van der Waals surface area contributed by atoms with E-state index >= 15 is 0 Å². The van der Waals surface area contributed by atoms with E-state index in [2.05, 4.69) is 0 Å². The van der Waals surface area contributed by atoms with Crippen LogP contribution in [0.1, 0.15) is 43.8 Å². The molecule has 1 aromatic carbocycles. The van der Waals surface area contributed by atoms with E-state index in [0.717, 1.165) is 31.4 Å². The van der Waals surface area contributed by atoms with Crippen molar-refractivity contribution in [3.8, 4) is 0 Å². The molecule has 1 fully saturated rings. The molecule has 0 spiro atoms. The van der Waals surface area contributed by atoms with Crippen molar-refractivity contribution in [2.24, 2.45) is 11.1 Å². The number of nitrogens with two attached hydrogens (primary N) is 1. The lowest BCUT2D eigenvalue weighted by Crippen LogP contribution is -2.38. The zero-order valence-corrected chi connectivity index (χ0v) is 10.6. The second kappa shape index (κ2) is 5.51. The molecular formula is C14H18F3NO. The van der Waals surface area contributed by atoms with Gasteiger partial charge < -0.3 is 10.8 Å². The van der Waals surface area contributed by atoms with Crippen LogP contribution in [-0.2, 0) is 0 Å². The molecule has 0 heterocycles. The van der Waals surface area contributed by atoms with Gasteiger partial charge in [-0.1, -0.05) is 19.3 Å². The molecule has 0 aromatic heterocycles. The normalized spacial score (nSPS) is 20.3. The summed E-state index contributed by atoms with van der Waals surface area (Å²) in [5.74, 6) is -4.07. The maximum atomic E-state index is 13.2. The van der Waals surface area contributed by atoms with Gasteiger partial charge in [-0.3, -0.25) is 0 Å². The van der Waals surface area contributed by atoms with Crippen molar-refractivity contribution >= 4 is 0 Å². The van der Waals surface area contributed by atoms with Crippen LogP contribution >= 0.6 is 0 Å². The molecule has 1 saturated carbocycles. The van der Waals surface area contributed by atoms with E-state index < -0.39 is 29.0 Å². The molecule has 2 rings (SSSR count). The quantitative estimate of drug-likeness (QED) is 0.831. The Labute approximate surface area is 110 Å². The van der Waals surface area contributed by atoms with Crippen LogP contribution < -0.4 is 5.73 Å². The highest BCUT2D eigenvalue weighted by molar-refractivity contribution is 5.23. The number of rotatable bonds is 3. The lowest BCUT2D eigenvalue weighted by atomic mass is 9.68. The molecule has 0 radical (unpaired) electrons. The largest absolute Gasteiger partial charge is 0.388 e. The molecule has 0 aliphatic heterocycles. The minimum Gasteiger partial charge on any atom is -0.388 e. The van der Waals surface area contributed by atoms with Crippen LogP contribution in [0, 0.1) is 22.9 Å². The molecule has 2 nitrogen and oxygen atoms in total. The minimum absolute atomic E-state index is 0.0590. The Balaban J connectivity index is 2.34. The first kappa shape index (κ1) is 14.3. The molecule has 5 heteroatoms. The lowest BCUT2D eigenvalue weighted by molar-refractivity contribution is 0.000229. The molecule has 106 valence electrons. The van der Waals surface area contributed by atoms with Crippen molar-refractivity contribution < 1.29 is 18.3 Å². The van der Waals surface area contributed by atoms with Crippen LogP contribution in [0.3, 0.4) is 0 Å². The summed E-state index contributed by atoms with van der Waals surface area (Å²) in [6, 6.07) is 1.71. The molecule has 1 aliphatic carbocycles. The van der Waals surface area contributed by atoms with E-state index in [-0.39, 0.29) is 12.1 Å². The van der Waals surface area contributed by atoms with Crippen LogP contribution in [0.15, 0.2) is 12.1 Å². The topological polar surface area (TPSA) is 46.2 Å². The molecule has 3 N–H and O–H groups in total. The first-order valence-corrected chi connectivity index (χ1v) is 6.53. The molecule has 19 heavy (non-hydrogen) atoms. The first-order chi connectivity index (χ1) is 9.00. The van der Waals surface area contributed by atoms with Crippen LogP contribution in [0.4, 0.5) is 13.2 Å². The smallest absolute Gasteiger partial charge is 0.194 e. The van der Waals surface area contributed by atoms with Crippen molar-refractivity contribution in [2.75, 3.05) is 6.54 Å². The number of benzene rings is 1. The monoisotopic (exact) mass is 273 g/mol. The molecule has 0 bridgehead atoms. The summed E-state index contributed by atoms with van der Waals surface area (Å²) in [7, 11) is 0. The Morgan fingerprint density at radius 3 is 2.11 bits per heavy atom. The number of aliphatic hydroxyl groups excluding tert-OH is 1. The van der Waals surface area contributed by atoms with E-state index in [1.807, 2.05) is 0 Å². The predicted molar refractivity (Wildman–Crippen MR) is 65.8 cm³/mol. The van der Waals surface area contributed by atoms with Gasteiger partial charge in [0.1, 0.15) is 0 Å². The summed E-state index contributed by atoms with van der Waals surface area (Å²) >= 11 is 0. The third kappa shape index (κ3) is 2.62. The molecule has 1 atom stereocenters. The zero-order valence-electron chi connectivity index (χ0n) is 10.6. The Kier molecular flexibility index (Phi) is 4.16. The van der Waals surface area contributed by atoms with Gasteiger partial charge in [0.15, 0.2) is 17.5 Å². The first-order valence-electron chi connectivity index (χ1n) is 6.53. The highest BCUT2D eigenvalue weighted by Crippen LogP contribution is 2.45. The van der Waals surface area contributed by atoms with Crippen molar-refractivity contribution in [2.45, 2.75) is 38.2 Å². The lowest BCUT2D eigenvalue weighted by Gasteiger charge is -2.40. The number of hydrogen-bond acceptors (Lipinski definition) is 2. The van der Waals surface area contributed by atoms with Gasteiger partial charge in [0.05, 0.1) is 6.10 Å². The van der Waals surface area contributed by atoms with E-state index in [1.165, 1.54) is 0 Å². The summed E-state index contributed by atoms with van der Waals surface area (Å²) in [5, 5.41) is 10.4. The Bertz CT molecular complexity index is 435. The van der Waals surface area contributed by atoms with Crippen LogP contribution in [-0.4, -0.2) is 11.7 Å². The van der Waals surface area contributed by atoms with Crippen LogP contribution in [0.25, 0.3) is 0 Å². The van der Waals surface area contributed by atoms with Crippen LogP contribution in [0.5, 0.6) is 0 Å². The second-order valence-corrected chi connectivity index (χ2v) is 5.33. The molecule has 0 saturated heterocycles. The fourth-order valence-electron chi connectivity index (χ4n) is 2.93. The second-order valence-electron chi connectivity index (χ2n) is 5.33. The Morgan fingerprint density at radius 2 is 1.63 bits per heavy atom. The van der Waals surface area contributed by atoms with Gasteiger partial charge in [-0.15, -0.1) is 0 Å².